The first-order chi connectivity index (χ1) is 23.1. The molecule has 0 spiro atoms. The lowest BCUT2D eigenvalue weighted by atomic mass is 9.67. The highest BCUT2D eigenvalue weighted by atomic mass is 16.3. The van der Waals surface area contributed by atoms with E-state index in [4.69, 9.17) is 0 Å². The molecule has 2 nitrogen and oxygen atoms in total. The van der Waals surface area contributed by atoms with E-state index in [1.54, 1.807) is 12.1 Å². The van der Waals surface area contributed by atoms with Crippen molar-refractivity contribution < 1.29 is 10.2 Å². The Hall–Kier alpha value is -6.12. The molecule has 0 fully saturated rings. The Morgan fingerprint density at radius 1 is 0.319 bits per heavy atom. The first-order valence-electron chi connectivity index (χ1n) is 15.9. The lowest BCUT2D eigenvalue weighted by Crippen LogP contribution is -2.28. The lowest BCUT2D eigenvalue weighted by Gasteiger charge is -2.34. The van der Waals surface area contributed by atoms with Crippen LogP contribution in [-0.4, -0.2) is 10.2 Å². The topological polar surface area (TPSA) is 40.5 Å². The van der Waals surface area contributed by atoms with Gasteiger partial charge < -0.3 is 10.2 Å². The molecule has 0 radical (unpaired) electrons. The predicted molar refractivity (Wildman–Crippen MR) is 193 cm³/mol. The molecule has 0 saturated heterocycles. The summed E-state index contributed by atoms with van der Waals surface area (Å²) in [6.45, 7) is 0. The Balaban J connectivity index is 1.40. The van der Waals surface area contributed by atoms with Gasteiger partial charge in [-0.25, -0.2) is 0 Å². The number of phenols is 2. The van der Waals surface area contributed by atoms with Crippen molar-refractivity contribution in [1.82, 2.24) is 0 Å². The fourth-order valence-electron chi connectivity index (χ4n) is 7.68. The predicted octanol–water partition coefficient (Wildman–Crippen LogP) is 11.1. The molecule has 0 unspecified atom stereocenters. The molecule has 0 aromatic heterocycles. The van der Waals surface area contributed by atoms with Gasteiger partial charge in [-0.3, -0.25) is 0 Å². The molecule has 1 aliphatic carbocycles. The third kappa shape index (κ3) is 4.26. The Bertz CT molecular complexity index is 2300. The fourth-order valence-corrected chi connectivity index (χ4v) is 7.68. The summed E-state index contributed by atoms with van der Waals surface area (Å²) in [7, 11) is 0. The van der Waals surface area contributed by atoms with E-state index in [0.717, 1.165) is 32.7 Å². The first kappa shape index (κ1) is 27.2. The number of rotatable bonds is 4. The van der Waals surface area contributed by atoms with E-state index in [-0.39, 0.29) is 11.5 Å². The second kappa shape index (κ2) is 10.5. The van der Waals surface area contributed by atoms with Crippen molar-refractivity contribution in [2.24, 2.45) is 0 Å². The van der Waals surface area contributed by atoms with Gasteiger partial charge in [0.25, 0.3) is 0 Å². The summed E-state index contributed by atoms with van der Waals surface area (Å²) in [6, 6.07) is 59.4. The van der Waals surface area contributed by atoms with Crippen LogP contribution in [0.15, 0.2) is 170 Å². The number of hydrogen-bond acceptors (Lipinski definition) is 2. The maximum absolute atomic E-state index is 10.2. The average molecular weight is 603 g/mol. The van der Waals surface area contributed by atoms with Gasteiger partial charge in [0.15, 0.2) is 0 Å². The maximum atomic E-state index is 10.2. The van der Waals surface area contributed by atoms with Gasteiger partial charge in [0.05, 0.1) is 5.41 Å². The summed E-state index contributed by atoms with van der Waals surface area (Å²) in [5, 5.41) is 24.6. The molecule has 8 aromatic rings. The Labute approximate surface area is 273 Å². The standard InChI is InChI=1S/C45H30O2/c46-39-19-13-31-23-37(17-11-33(31)25-39)45(38-18-12-34-26-40(47)20-14-32(34)24-38)43-21-15-35(29-7-3-1-4-8-29)27-41(43)42-28-36(16-22-44(42)45)30-9-5-2-6-10-30/h1-28,46-47H. The van der Waals surface area contributed by atoms with Gasteiger partial charge in [0, 0.05) is 0 Å². The average Bonchev–Trinajstić information content (AvgIpc) is 3.41. The molecule has 2 N–H and O–H groups in total. The summed E-state index contributed by atoms with van der Waals surface area (Å²) in [6.07, 6.45) is 0. The van der Waals surface area contributed by atoms with Crippen LogP contribution in [-0.2, 0) is 5.41 Å². The molecule has 222 valence electrons. The van der Waals surface area contributed by atoms with Crippen molar-refractivity contribution >= 4 is 21.5 Å². The monoisotopic (exact) mass is 602 g/mol. The highest BCUT2D eigenvalue weighted by Crippen LogP contribution is 2.58. The summed E-state index contributed by atoms with van der Waals surface area (Å²) in [5.74, 6) is 0.521. The van der Waals surface area contributed by atoms with Crippen molar-refractivity contribution in [2.45, 2.75) is 5.41 Å². The van der Waals surface area contributed by atoms with Crippen LogP contribution < -0.4 is 0 Å². The Morgan fingerprint density at radius 2 is 0.723 bits per heavy atom. The Kier molecular flexibility index (Phi) is 6.06. The third-order valence-electron chi connectivity index (χ3n) is 9.87. The fraction of sp³-hybridized carbons (Fsp3) is 0.0222. The molecule has 0 bridgehead atoms. The molecular formula is C45H30O2. The zero-order valence-corrected chi connectivity index (χ0v) is 25.6. The van der Waals surface area contributed by atoms with Crippen LogP contribution in [0.1, 0.15) is 22.3 Å². The van der Waals surface area contributed by atoms with Gasteiger partial charge in [-0.2, -0.15) is 0 Å². The van der Waals surface area contributed by atoms with Crippen LogP contribution >= 0.6 is 0 Å². The molecule has 0 saturated carbocycles. The van der Waals surface area contributed by atoms with Crippen molar-refractivity contribution in [3.05, 3.63) is 192 Å². The SMILES string of the molecule is Oc1ccc2cc(C3(c4ccc5cc(O)ccc5c4)c4ccc(-c5ccccc5)cc4-c4cc(-c5ccccc5)ccc43)ccc2c1. The maximum Gasteiger partial charge on any atom is 0.116 e. The van der Waals surface area contributed by atoms with Crippen LogP contribution in [0.25, 0.3) is 54.9 Å². The molecule has 0 aliphatic heterocycles. The molecule has 0 heterocycles. The number of benzene rings is 8. The zero-order valence-electron chi connectivity index (χ0n) is 25.6. The van der Waals surface area contributed by atoms with E-state index in [1.807, 2.05) is 24.3 Å². The van der Waals surface area contributed by atoms with Crippen LogP contribution in [0.2, 0.25) is 0 Å². The number of hydrogen-bond donors (Lipinski definition) is 2. The first-order valence-corrected chi connectivity index (χ1v) is 15.9. The molecule has 47 heavy (non-hydrogen) atoms. The van der Waals surface area contributed by atoms with Crippen LogP contribution in [0, 0.1) is 0 Å². The van der Waals surface area contributed by atoms with Gasteiger partial charge in [0.1, 0.15) is 11.5 Å². The number of aromatic hydroxyl groups is 2. The molecule has 0 amide bonds. The lowest BCUT2D eigenvalue weighted by molar-refractivity contribution is 0.475. The van der Waals surface area contributed by atoms with Gasteiger partial charge in [-0.15, -0.1) is 0 Å². The van der Waals surface area contributed by atoms with Crippen molar-refractivity contribution in [3.63, 3.8) is 0 Å². The van der Waals surface area contributed by atoms with E-state index in [0.29, 0.717) is 0 Å². The third-order valence-corrected chi connectivity index (χ3v) is 9.87. The van der Waals surface area contributed by atoms with Gasteiger partial charge in [-0.05, 0) is 126 Å². The minimum atomic E-state index is -0.618. The molecular weight excluding hydrogens is 572 g/mol. The molecule has 2 heteroatoms. The minimum Gasteiger partial charge on any atom is -0.508 e. The van der Waals surface area contributed by atoms with E-state index in [2.05, 4.69) is 133 Å². The van der Waals surface area contributed by atoms with E-state index < -0.39 is 5.41 Å². The quantitative estimate of drug-likeness (QED) is 0.210. The smallest absolute Gasteiger partial charge is 0.116 e. The molecule has 1 aliphatic rings. The summed E-state index contributed by atoms with van der Waals surface area (Å²) in [5.41, 5.74) is 11.3. The normalized spacial score (nSPS) is 13.0. The van der Waals surface area contributed by atoms with Gasteiger partial charge >= 0.3 is 0 Å². The van der Waals surface area contributed by atoms with Gasteiger partial charge in [-0.1, -0.05) is 121 Å². The van der Waals surface area contributed by atoms with E-state index in [9.17, 15) is 10.2 Å². The van der Waals surface area contributed by atoms with Crippen molar-refractivity contribution in [1.29, 1.82) is 0 Å². The van der Waals surface area contributed by atoms with Crippen molar-refractivity contribution in [3.8, 4) is 44.9 Å². The highest BCUT2D eigenvalue weighted by molar-refractivity contribution is 5.94. The minimum absolute atomic E-state index is 0.260. The number of fused-ring (bicyclic) bond motifs is 5. The number of phenolic OH excluding ortho intramolecular Hbond substituents is 2. The summed E-state index contributed by atoms with van der Waals surface area (Å²) in [4.78, 5) is 0. The summed E-state index contributed by atoms with van der Waals surface area (Å²) >= 11 is 0. The van der Waals surface area contributed by atoms with Crippen LogP contribution in [0.5, 0.6) is 11.5 Å². The highest BCUT2D eigenvalue weighted by Gasteiger charge is 2.46. The summed E-state index contributed by atoms with van der Waals surface area (Å²) < 4.78 is 0. The largest absolute Gasteiger partial charge is 0.508 e. The molecule has 8 aromatic carbocycles. The van der Waals surface area contributed by atoms with E-state index in [1.165, 1.54) is 44.5 Å². The molecule has 0 atom stereocenters. The van der Waals surface area contributed by atoms with Crippen LogP contribution in [0.4, 0.5) is 0 Å². The second-order valence-electron chi connectivity index (χ2n) is 12.5. The van der Waals surface area contributed by atoms with Crippen LogP contribution in [0.3, 0.4) is 0 Å². The Morgan fingerprint density at radius 3 is 1.17 bits per heavy atom. The molecule has 9 rings (SSSR count). The zero-order chi connectivity index (χ0) is 31.5. The van der Waals surface area contributed by atoms with Crippen molar-refractivity contribution in [2.75, 3.05) is 0 Å². The van der Waals surface area contributed by atoms with Gasteiger partial charge in [0.2, 0.25) is 0 Å². The second-order valence-corrected chi connectivity index (χ2v) is 12.5. The van der Waals surface area contributed by atoms with E-state index >= 15 is 0 Å².